The molecule has 1 amide bonds. The number of aromatic nitrogens is 1. The molecule has 3 aromatic rings. The number of nitrogens with one attached hydrogen (secondary N) is 1. The van der Waals surface area contributed by atoms with Crippen LogP contribution in [-0.2, 0) is 0 Å². The standard InChI is InChI=1S/C24H25N3O2/c1-18-11-13-27(14-12-18)20-15-19(16-25-17-20)24(28)26-22-9-5-6-10-23(22)29-21-7-3-2-4-8-21/h2-10,15-18H,11-14H2,1H3,(H,26,28). The minimum Gasteiger partial charge on any atom is -0.455 e. The van der Waals surface area contributed by atoms with Gasteiger partial charge in [0, 0.05) is 19.3 Å². The van der Waals surface area contributed by atoms with Gasteiger partial charge in [-0.05, 0) is 49.1 Å². The van der Waals surface area contributed by atoms with E-state index in [4.69, 9.17) is 4.74 Å². The summed E-state index contributed by atoms with van der Waals surface area (Å²) in [6.07, 6.45) is 5.77. The number of hydrogen-bond acceptors (Lipinski definition) is 4. The molecule has 5 heteroatoms. The molecule has 0 spiro atoms. The van der Waals surface area contributed by atoms with Crippen molar-refractivity contribution in [3.63, 3.8) is 0 Å². The van der Waals surface area contributed by atoms with Crippen LogP contribution in [-0.4, -0.2) is 24.0 Å². The van der Waals surface area contributed by atoms with Crippen LogP contribution in [0.5, 0.6) is 11.5 Å². The van der Waals surface area contributed by atoms with Crippen LogP contribution in [0.25, 0.3) is 0 Å². The first-order valence-corrected chi connectivity index (χ1v) is 10.0. The number of carbonyl (C=O) groups excluding carboxylic acids is 1. The third kappa shape index (κ3) is 4.74. The number of nitrogens with zero attached hydrogens (tertiary/aromatic N) is 2. The van der Waals surface area contributed by atoms with Gasteiger partial charge in [-0.3, -0.25) is 9.78 Å². The third-order valence-corrected chi connectivity index (χ3v) is 5.24. The summed E-state index contributed by atoms with van der Waals surface area (Å²) >= 11 is 0. The van der Waals surface area contributed by atoms with Crippen LogP contribution in [0.2, 0.25) is 0 Å². The first-order chi connectivity index (χ1) is 14.2. The Labute approximate surface area is 171 Å². The molecule has 1 fully saturated rings. The lowest BCUT2D eigenvalue weighted by atomic mass is 9.99. The molecule has 2 aromatic carbocycles. The molecule has 148 valence electrons. The largest absolute Gasteiger partial charge is 0.455 e. The summed E-state index contributed by atoms with van der Waals surface area (Å²) in [5.74, 6) is 1.87. The first kappa shape index (κ1) is 19.0. The van der Waals surface area contributed by atoms with Gasteiger partial charge in [0.25, 0.3) is 5.91 Å². The summed E-state index contributed by atoms with van der Waals surface area (Å²) in [5, 5.41) is 2.96. The van der Waals surface area contributed by atoms with E-state index in [0.29, 0.717) is 17.0 Å². The number of amides is 1. The highest BCUT2D eigenvalue weighted by Gasteiger charge is 2.18. The molecule has 5 nitrogen and oxygen atoms in total. The monoisotopic (exact) mass is 387 g/mol. The molecule has 29 heavy (non-hydrogen) atoms. The van der Waals surface area contributed by atoms with Crippen LogP contribution < -0.4 is 15.0 Å². The Balaban J connectivity index is 1.49. The van der Waals surface area contributed by atoms with Crippen LogP contribution >= 0.6 is 0 Å². The summed E-state index contributed by atoms with van der Waals surface area (Å²) in [7, 11) is 0. The van der Waals surface area contributed by atoms with Crippen LogP contribution in [0.1, 0.15) is 30.1 Å². The molecule has 1 aliphatic rings. The molecule has 0 bridgehead atoms. The highest BCUT2D eigenvalue weighted by atomic mass is 16.5. The second-order valence-corrected chi connectivity index (χ2v) is 7.47. The van der Waals surface area contributed by atoms with E-state index < -0.39 is 0 Å². The van der Waals surface area contributed by atoms with Gasteiger partial charge in [-0.15, -0.1) is 0 Å². The minimum absolute atomic E-state index is 0.200. The van der Waals surface area contributed by atoms with Crippen molar-refractivity contribution < 1.29 is 9.53 Å². The van der Waals surface area contributed by atoms with Crippen molar-refractivity contribution in [1.82, 2.24) is 4.98 Å². The topological polar surface area (TPSA) is 54.5 Å². The maximum atomic E-state index is 12.9. The number of hydrogen-bond donors (Lipinski definition) is 1. The molecule has 0 saturated carbocycles. The molecular formula is C24H25N3O2. The number of ether oxygens (including phenoxy) is 1. The normalized spacial score (nSPS) is 14.4. The number of piperidine rings is 1. The number of carbonyl (C=O) groups is 1. The quantitative estimate of drug-likeness (QED) is 0.640. The van der Waals surface area contributed by atoms with E-state index in [2.05, 4.69) is 22.1 Å². The first-order valence-electron chi connectivity index (χ1n) is 10.0. The maximum Gasteiger partial charge on any atom is 0.257 e. The summed E-state index contributed by atoms with van der Waals surface area (Å²) in [4.78, 5) is 19.5. The molecule has 2 heterocycles. The molecular weight excluding hydrogens is 362 g/mol. The average Bonchev–Trinajstić information content (AvgIpc) is 2.76. The van der Waals surface area contributed by atoms with Gasteiger partial charge in [-0.2, -0.15) is 0 Å². The fourth-order valence-corrected chi connectivity index (χ4v) is 3.46. The van der Waals surface area contributed by atoms with Crippen LogP contribution in [0.4, 0.5) is 11.4 Å². The van der Waals surface area contributed by atoms with Gasteiger partial charge in [0.05, 0.1) is 23.1 Å². The van der Waals surface area contributed by atoms with E-state index in [1.165, 1.54) is 12.8 Å². The predicted octanol–water partition coefficient (Wildman–Crippen LogP) is 5.36. The number of pyridine rings is 1. The number of rotatable bonds is 5. The van der Waals surface area contributed by atoms with Gasteiger partial charge in [-0.25, -0.2) is 0 Å². The predicted molar refractivity (Wildman–Crippen MR) is 116 cm³/mol. The van der Waals surface area contributed by atoms with E-state index in [-0.39, 0.29) is 5.91 Å². The molecule has 4 rings (SSSR count). The Morgan fingerprint density at radius 2 is 1.76 bits per heavy atom. The van der Waals surface area contributed by atoms with Gasteiger partial charge in [0.1, 0.15) is 5.75 Å². The lowest BCUT2D eigenvalue weighted by molar-refractivity contribution is 0.102. The zero-order chi connectivity index (χ0) is 20.1. The number of benzene rings is 2. The van der Waals surface area contributed by atoms with Crippen molar-refractivity contribution in [3.8, 4) is 11.5 Å². The molecule has 1 aromatic heterocycles. The van der Waals surface area contributed by atoms with Crippen LogP contribution in [0.3, 0.4) is 0 Å². The Morgan fingerprint density at radius 3 is 2.55 bits per heavy atom. The molecule has 1 saturated heterocycles. The molecule has 0 unspecified atom stereocenters. The van der Waals surface area contributed by atoms with E-state index in [0.717, 1.165) is 30.4 Å². The SMILES string of the molecule is CC1CCN(c2cncc(C(=O)Nc3ccccc3Oc3ccccc3)c2)CC1. The van der Waals surface area contributed by atoms with E-state index >= 15 is 0 Å². The lowest BCUT2D eigenvalue weighted by Gasteiger charge is -2.32. The van der Waals surface area contributed by atoms with Crippen molar-refractivity contribution in [2.24, 2.45) is 5.92 Å². The summed E-state index contributed by atoms with van der Waals surface area (Å²) < 4.78 is 5.94. The van der Waals surface area contributed by atoms with E-state index in [1.807, 2.05) is 66.9 Å². The lowest BCUT2D eigenvalue weighted by Crippen LogP contribution is -2.33. The van der Waals surface area contributed by atoms with Gasteiger partial charge < -0.3 is 15.0 Å². The summed E-state index contributed by atoms with van der Waals surface area (Å²) in [5.41, 5.74) is 2.16. The van der Waals surface area contributed by atoms with Crippen molar-refractivity contribution in [2.45, 2.75) is 19.8 Å². The van der Waals surface area contributed by atoms with Crippen molar-refractivity contribution >= 4 is 17.3 Å². The Bertz CT molecular complexity index is 967. The van der Waals surface area contributed by atoms with Crippen molar-refractivity contribution in [1.29, 1.82) is 0 Å². The molecule has 0 radical (unpaired) electrons. The van der Waals surface area contributed by atoms with Gasteiger partial charge in [0.2, 0.25) is 0 Å². The Morgan fingerprint density at radius 1 is 1.03 bits per heavy atom. The second-order valence-electron chi connectivity index (χ2n) is 7.47. The number of anilines is 2. The number of para-hydroxylation sites is 3. The molecule has 0 atom stereocenters. The van der Waals surface area contributed by atoms with Gasteiger partial charge in [0.15, 0.2) is 5.75 Å². The zero-order valence-corrected chi connectivity index (χ0v) is 16.5. The Hall–Kier alpha value is -3.34. The molecule has 0 aliphatic carbocycles. The van der Waals surface area contributed by atoms with E-state index in [1.54, 1.807) is 6.20 Å². The fourth-order valence-electron chi connectivity index (χ4n) is 3.46. The smallest absolute Gasteiger partial charge is 0.257 e. The highest BCUT2D eigenvalue weighted by molar-refractivity contribution is 6.05. The van der Waals surface area contributed by atoms with Crippen LogP contribution in [0.15, 0.2) is 73.1 Å². The van der Waals surface area contributed by atoms with Crippen LogP contribution in [0, 0.1) is 5.92 Å². The second kappa shape index (κ2) is 8.78. The fraction of sp³-hybridized carbons (Fsp3) is 0.250. The third-order valence-electron chi connectivity index (χ3n) is 5.24. The average molecular weight is 387 g/mol. The van der Waals surface area contributed by atoms with E-state index in [9.17, 15) is 4.79 Å². The zero-order valence-electron chi connectivity index (χ0n) is 16.5. The van der Waals surface area contributed by atoms with Crippen molar-refractivity contribution in [2.75, 3.05) is 23.3 Å². The van der Waals surface area contributed by atoms with Gasteiger partial charge in [-0.1, -0.05) is 37.3 Å². The molecule has 1 aliphatic heterocycles. The van der Waals surface area contributed by atoms with Gasteiger partial charge >= 0.3 is 0 Å². The van der Waals surface area contributed by atoms with Crippen molar-refractivity contribution in [3.05, 3.63) is 78.6 Å². The minimum atomic E-state index is -0.200. The summed E-state index contributed by atoms with van der Waals surface area (Å²) in [6, 6.07) is 18.9. The maximum absolute atomic E-state index is 12.9. The highest BCUT2D eigenvalue weighted by Crippen LogP contribution is 2.30. The summed E-state index contributed by atoms with van der Waals surface area (Å²) in [6.45, 7) is 4.29. The molecule has 1 N–H and O–H groups in total. The Kier molecular flexibility index (Phi) is 5.75.